The van der Waals surface area contributed by atoms with E-state index in [1.54, 1.807) is 0 Å². The van der Waals surface area contributed by atoms with Crippen LogP contribution in [-0.2, 0) is 10.2 Å². The van der Waals surface area contributed by atoms with Crippen LogP contribution in [0.3, 0.4) is 0 Å². The Bertz CT molecular complexity index is 567. The molecule has 0 bridgehead atoms. The topological polar surface area (TPSA) is 61.4 Å². The number of hydrogen-bond donors (Lipinski definition) is 2. The van der Waals surface area contributed by atoms with Gasteiger partial charge in [0.1, 0.15) is 5.82 Å². The van der Waals surface area contributed by atoms with Gasteiger partial charge >= 0.3 is 10.2 Å². The molecule has 0 spiro atoms. The van der Waals surface area contributed by atoms with E-state index >= 15 is 0 Å². The number of benzene rings is 1. The molecule has 1 aromatic carbocycles. The third-order valence-corrected chi connectivity index (χ3v) is 4.75. The summed E-state index contributed by atoms with van der Waals surface area (Å²) in [5.41, 5.74) is -0.0727. The number of rotatable bonds is 8. The normalized spacial score (nSPS) is 12.1. The van der Waals surface area contributed by atoms with Crippen molar-refractivity contribution >= 4 is 31.8 Å². The van der Waals surface area contributed by atoms with Gasteiger partial charge < -0.3 is 5.32 Å². The van der Waals surface area contributed by atoms with Crippen molar-refractivity contribution in [3.05, 3.63) is 28.5 Å². The molecule has 0 aliphatic carbocycles. The van der Waals surface area contributed by atoms with Crippen molar-refractivity contribution < 1.29 is 12.8 Å². The van der Waals surface area contributed by atoms with E-state index in [2.05, 4.69) is 26.0 Å². The Kier molecular flexibility index (Phi) is 7.05. The summed E-state index contributed by atoms with van der Waals surface area (Å²) in [5, 5.41) is 3.21. The Morgan fingerprint density at radius 3 is 2.67 bits per heavy atom. The first-order valence-electron chi connectivity index (χ1n) is 6.65. The average Bonchev–Trinajstić information content (AvgIpc) is 2.38. The van der Waals surface area contributed by atoms with Crippen LogP contribution in [0.15, 0.2) is 22.7 Å². The number of nitrogens with one attached hydrogen (secondary N) is 2. The predicted octanol–water partition coefficient (Wildman–Crippen LogP) is 2.56. The van der Waals surface area contributed by atoms with E-state index < -0.39 is 16.0 Å². The van der Waals surface area contributed by atoms with Crippen molar-refractivity contribution in [2.24, 2.45) is 0 Å². The Morgan fingerprint density at radius 1 is 1.38 bits per heavy atom. The molecule has 0 aliphatic heterocycles. The molecule has 1 aromatic rings. The molecule has 5 nitrogen and oxygen atoms in total. The molecule has 21 heavy (non-hydrogen) atoms. The smallest absolute Gasteiger partial charge is 0.301 e. The van der Waals surface area contributed by atoms with Gasteiger partial charge in [-0.05, 0) is 31.2 Å². The van der Waals surface area contributed by atoms with Gasteiger partial charge in [-0.3, -0.25) is 4.72 Å². The minimum Gasteiger partial charge on any atom is -0.314 e. The molecule has 8 heteroatoms. The van der Waals surface area contributed by atoms with Crippen LogP contribution in [0.25, 0.3) is 0 Å². The van der Waals surface area contributed by atoms with E-state index in [1.165, 1.54) is 29.6 Å². The highest BCUT2D eigenvalue weighted by atomic mass is 79.9. The second kappa shape index (κ2) is 8.07. The van der Waals surface area contributed by atoms with Crippen LogP contribution < -0.4 is 10.0 Å². The van der Waals surface area contributed by atoms with Crippen molar-refractivity contribution in [1.29, 1.82) is 0 Å². The maximum atomic E-state index is 13.6. The lowest BCUT2D eigenvalue weighted by molar-refractivity contribution is 0.451. The van der Waals surface area contributed by atoms with E-state index in [9.17, 15) is 12.8 Å². The second-order valence-corrected chi connectivity index (χ2v) is 7.71. The van der Waals surface area contributed by atoms with Gasteiger partial charge in [0.15, 0.2) is 0 Å². The maximum absolute atomic E-state index is 13.6. The van der Waals surface area contributed by atoms with E-state index in [0.29, 0.717) is 23.5 Å². The van der Waals surface area contributed by atoms with Gasteiger partial charge in [0.25, 0.3) is 0 Å². The molecule has 0 aliphatic rings. The molecular formula is C13H21BrFN3O2S. The van der Waals surface area contributed by atoms with Crippen molar-refractivity contribution in [2.45, 2.75) is 26.3 Å². The third-order valence-electron chi connectivity index (χ3n) is 2.78. The standard InChI is InChI=1S/C13H21BrFN3O2S/c1-10(2)16-7-4-8-18(3)21(19,20)17-13-9-11(14)5-6-12(13)15/h5-6,9-10,16-17H,4,7-8H2,1-3H3. The largest absolute Gasteiger partial charge is 0.314 e. The fourth-order valence-corrected chi connectivity index (χ4v) is 2.93. The van der Waals surface area contributed by atoms with E-state index in [1.807, 2.05) is 13.8 Å². The van der Waals surface area contributed by atoms with E-state index in [0.717, 1.165) is 6.54 Å². The Labute approximate surface area is 134 Å². The molecule has 0 saturated heterocycles. The molecule has 0 radical (unpaired) electrons. The fraction of sp³-hybridized carbons (Fsp3) is 0.538. The zero-order chi connectivity index (χ0) is 16.0. The monoisotopic (exact) mass is 381 g/mol. The first-order valence-corrected chi connectivity index (χ1v) is 8.88. The van der Waals surface area contributed by atoms with Gasteiger partial charge in [-0.15, -0.1) is 0 Å². The van der Waals surface area contributed by atoms with Crippen LogP contribution in [-0.4, -0.2) is 38.9 Å². The highest BCUT2D eigenvalue weighted by Crippen LogP contribution is 2.21. The summed E-state index contributed by atoms with van der Waals surface area (Å²) < 4.78 is 41.8. The Morgan fingerprint density at radius 2 is 2.05 bits per heavy atom. The lowest BCUT2D eigenvalue weighted by atomic mass is 10.3. The second-order valence-electron chi connectivity index (χ2n) is 5.02. The first kappa shape index (κ1) is 18.3. The van der Waals surface area contributed by atoms with Crippen molar-refractivity contribution in [1.82, 2.24) is 9.62 Å². The molecule has 0 heterocycles. The Hall–Kier alpha value is -0.700. The van der Waals surface area contributed by atoms with Gasteiger partial charge in [-0.1, -0.05) is 29.8 Å². The van der Waals surface area contributed by atoms with Crippen LogP contribution >= 0.6 is 15.9 Å². The predicted molar refractivity (Wildman–Crippen MR) is 87.0 cm³/mol. The summed E-state index contributed by atoms with van der Waals surface area (Å²) in [6.07, 6.45) is 0.677. The SMILES string of the molecule is CC(C)NCCCN(C)S(=O)(=O)Nc1cc(Br)ccc1F. The summed E-state index contributed by atoms with van der Waals surface area (Å²) in [5.74, 6) is -0.614. The molecule has 120 valence electrons. The molecule has 0 atom stereocenters. The first-order chi connectivity index (χ1) is 9.72. The van der Waals surface area contributed by atoms with Gasteiger partial charge in [0.05, 0.1) is 5.69 Å². The van der Waals surface area contributed by atoms with E-state index in [4.69, 9.17) is 0 Å². The lowest BCUT2D eigenvalue weighted by Gasteiger charge is -2.19. The molecule has 0 fully saturated rings. The number of halogens is 2. The minimum absolute atomic E-state index is 0.0727. The van der Waals surface area contributed by atoms with Crippen LogP contribution in [0.5, 0.6) is 0 Å². The van der Waals surface area contributed by atoms with Crippen molar-refractivity contribution in [2.75, 3.05) is 24.9 Å². The van der Waals surface area contributed by atoms with Crippen molar-refractivity contribution in [3.63, 3.8) is 0 Å². The van der Waals surface area contributed by atoms with Crippen LogP contribution in [0.2, 0.25) is 0 Å². The molecular weight excluding hydrogens is 361 g/mol. The highest BCUT2D eigenvalue weighted by molar-refractivity contribution is 9.10. The fourth-order valence-electron chi connectivity index (χ4n) is 1.61. The van der Waals surface area contributed by atoms with Crippen LogP contribution in [0.4, 0.5) is 10.1 Å². The summed E-state index contributed by atoms with van der Waals surface area (Å²) in [6, 6.07) is 4.46. The van der Waals surface area contributed by atoms with Crippen molar-refractivity contribution in [3.8, 4) is 0 Å². The third kappa shape index (κ3) is 6.29. The molecule has 2 N–H and O–H groups in total. The molecule has 0 amide bonds. The summed E-state index contributed by atoms with van der Waals surface area (Å²) in [4.78, 5) is 0. The number of nitrogens with zero attached hydrogens (tertiary/aromatic N) is 1. The summed E-state index contributed by atoms with van der Waals surface area (Å²) >= 11 is 3.18. The zero-order valence-corrected chi connectivity index (χ0v) is 14.8. The highest BCUT2D eigenvalue weighted by Gasteiger charge is 2.19. The molecule has 0 aromatic heterocycles. The Balaban J connectivity index is 2.61. The van der Waals surface area contributed by atoms with Gasteiger partial charge in [-0.25, -0.2) is 4.39 Å². The molecule has 0 saturated carbocycles. The van der Waals surface area contributed by atoms with Crippen LogP contribution in [0, 0.1) is 5.82 Å². The maximum Gasteiger partial charge on any atom is 0.301 e. The van der Waals surface area contributed by atoms with Gasteiger partial charge in [0.2, 0.25) is 0 Å². The zero-order valence-electron chi connectivity index (χ0n) is 12.4. The van der Waals surface area contributed by atoms with Gasteiger partial charge in [0, 0.05) is 24.1 Å². The van der Waals surface area contributed by atoms with Crippen LogP contribution in [0.1, 0.15) is 20.3 Å². The average molecular weight is 382 g/mol. The van der Waals surface area contributed by atoms with Gasteiger partial charge in [-0.2, -0.15) is 12.7 Å². The number of anilines is 1. The lowest BCUT2D eigenvalue weighted by Crippen LogP contribution is -2.35. The minimum atomic E-state index is -3.76. The molecule has 0 unspecified atom stereocenters. The summed E-state index contributed by atoms with van der Waals surface area (Å²) in [6.45, 7) is 5.13. The summed E-state index contributed by atoms with van der Waals surface area (Å²) in [7, 11) is -2.29. The quantitative estimate of drug-likeness (QED) is 0.680. The number of hydrogen-bond acceptors (Lipinski definition) is 3. The molecule has 1 rings (SSSR count). The van der Waals surface area contributed by atoms with E-state index in [-0.39, 0.29) is 5.69 Å².